The van der Waals surface area contributed by atoms with Crippen LogP contribution in [0.25, 0.3) is 0 Å². The molecule has 2 aromatic carbocycles. The maximum Gasteiger partial charge on any atom is 0.130 e. The maximum atomic E-state index is 11.3. The molecule has 0 fully saturated rings. The molecule has 3 N–H and O–H groups in total. The minimum Gasteiger partial charge on any atom is -0.379 e. The first-order chi connectivity index (χ1) is 9.06. The van der Waals surface area contributed by atoms with Gasteiger partial charge in [-0.2, -0.15) is 0 Å². The van der Waals surface area contributed by atoms with Crippen molar-refractivity contribution >= 4 is 0 Å². The van der Waals surface area contributed by atoms with Crippen LogP contribution in [0.4, 0.5) is 0 Å². The highest BCUT2D eigenvalue weighted by Gasteiger charge is 2.39. The molecule has 19 heavy (non-hydrogen) atoms. The van der Waals surface area contributed by atoms with Crippen molar-refractivity contribution in [3.63, 3.8) is 0 Å². The van der Waals surface area contributed by atoms with Gasteiger partial charge in [-0.15, -0.1) is 0 Å². The van der Waals surface area contributed by atoms with Crippen LogP contribution < -0.4 is 5.73 Å². The molecule has 0 spiro atoms. The maximum absolute atomic E-state index is 11.3. The third kappa shape index (κ3) is 2.55. The van der Waals surface area contributed by atoms with E-state index in [1.165, 1.54) is 0 Å². The normalized spacial score (nSPS) is 13.5. The lowest BCUT2D eigenvalue weighted by Crippen LogP contribution is -2.49. The highest BCUT2D eigenvalue weighted by atomic mass is 16.3. The van der Waals surface area contributed by atoms with Gasteiger partial charge in [-0.3, -0.25) is 0 Å². The van der Waals surface area contributed by atoms with Crippen LogP contribution >= 0.6 is 0 Å². The summed E-state index contributed by atoms with van der Waals surface area (Å²) < 4.78 is 0. The first kappa shape index (κ1) is 13.8. The largest absolute Gasteiger partial charge is 0.379 e. The molecule has 2 heteroatoms. The molecule has 0 heterocycles. The van der Waals surface area contributed by atoms with Crippen molar-refractivity contribution in [2.75, 3.05) is 0 Å². The Morgan fingerprint density at radius 2 is 1.21 bits per heavy atom. The van der Waals surface area contributed by atoms with E-state index in [-0.39, 0.29) is 12.0 Å². The van der Waals surface area contributed by atoms with E-state index in [0.717, 1.165) is 11.1 Å². The van der Waals surface area contributed by atoms with E-state index in [0.29, 0.717) is 0 Å². The van der Waals surface area contributed by atoms with Gasteiger partial charge in [0.1, 0.15) is 5.60 Å². The van der Waals surface area contributed by atoms with E-state index >= 15 is 0 Å². The fourth-order valence-corrected chi connectivity index (χ4v) is 2.42. The Labute approximate surface area is 114 Å². The van der Waals surface area contributed by atoms with Crippen LogP contribution in [-0.2, 0) is 5.60 Å². The van der Waals surface area contributed by atoms with E-state index in [1.807, 2.05) is 74.5 Å². The second kappa shape index (κ2) is 5.55. The van der Waals surface area contributed by atoms with Crippen LogP contribution in [0, 0.1) is 5.92 Å². The van der Waals surface area contributed by atoms with Gasteiger partial charge in [-0.05, 0) is 17.0 Å². The molecule has 0 aliphatic rings. The molecular weight excluding hydrogens is 234 g/mol. The summed E-state index contributed by atoms with van der Waals surface area (Å²) in [6.07, 6.45) is 0. The topological polar surface area (TPSA) is 46.2 Å². The van der Waals surface area contributed by atoms with Crippen LogP contribution in [0.2, 0.25) is 0 Å². The Balaban J connectivity index is 2.57. The molecule has 0 unspecified atom stereocenters. The molecule has 0 saturated carbocycles. The van der Waals surface area contributed by atoms with Gasteiger partial charge >= 0.3 is 0 Å². The highest BCUT2D eigenvalue weighted by Crippen LogP contribution is 2.34. The van der Waals surface area contributed by atoms with Gasteiger partial charge in [0.2, 0.25) is 0 Å². The van der Waals surface area contributed by atoms with Crippen LogP contribution in [0.15, 0.2) is 60.7 Å². The fraction of sp³-hybridized carbons (Fsp3) is 0.294. The van der Waals surface area contributed by atoms with Gasteiger partial charge in [0.25, 0.3) is 0 Å². The monoisotopic (exact) mass is 255 g/mol. The lowest BCUT2D eigenvalue weighted by molar-refractivity contribution is 0.0353. The number of hydrogen-bond donors (Lipinski definition) is 2. The molecule has 1 atom stereocenters. The molecule has 0 aliphatic carbocycles. The van der Waals surface area contributed by atoms with Crippen molar-refractivity contribution in [3.8, 4) is 0 Å². The Hall–Kier alpha value is -1.64. The third-order valence-electron chi connectivity index (χ3n) is 3.63. The molecule has 2 nitrogen and oxygen atoms in total. The second-order valence-corrected chi connectivity index (χ2v) is 5.27. The molecule has 0 radical (unpaired) electrons. The lowest BCUT2D eigenvalue weighted by atomic mass is 9.76. The number of nitrogens with two attached hydrogens (primary N) is 1. The Kier molecular flexibility index (Phi) is 4.03. The SMILES string of the molecule is CC(C)[C@@H](N)C(O)(c1ccccc1)c1ccccc1. The predicted octanol–water partition coefficient (Wildman–Crippen LogP) is 2.91. The average Bonchev–Trinajstić information content (AvgIpc) is 2.47. The zero-order valence-electron chi connectivity index (χ0n) is 11.5. The molecule has 2 aromatic rings. The van der Waals surface area contributed by atoms with Gasteiger partial charge < -0.3 is 10.8 Å². The third-order valence-corrected chi connectivity index (χ3v) is 3.63. The standard InChI is InChI=1S/C17H21NO/c1-13(2)16(18)17(19,14-9-5-3-6-10-14)15-11-7-4-8-12-15/h3-13,16,19H,18H2,1-2H3/t16-/m1/s1. The molecule has 2 rings (SSSR count). The van der Waals surface area contributed by atoms with Crippen molar-refractivity contribution in [1.29, 1.82) is 0 Å². The number of hydrogen-bond acceptors (Lipinski definition) is 2. The quantitative estimate of drug-likeness (QED) is 0.882. The van der Waals surface area contributed by atoms with E-state index in [4.69, 9.17) is 5.73 Å². The zero-order valence-corrected chi connectivity index (χ0v) is 11.5. The van der Waals surface area contributed by atoms with Crippen molar-refractivity contribution in [2.24, 2.45) is 11.7 Å². The second-order valence-electron chi connectivity index (χ2n) is 5.27. The minimum absolute atomic E-state index is 0.172. The molecule has 0 amide bonds. The van der Waals surface area contributed by atoms with Gasteiger partial charge in [-0.25, -0.2) is 0 Å². The number of rotatable bonds is 4. The Morgan fingerprint density at radius 3 is 1.53 bits per heavy atom. The van der Waals surface area contributed by atoms with Gasteiger partial charge in [-0.1, -0.05) is 74.5 Å². The van der Waals surface area contributed by atoms with Crippen LogP contribution in [0.3, 0.4) is 0 Å². The molecule has 0 aliphatic heterocycles. The molecular formula is C17H21NO. The van der Waals surface area contributed by atoms with Crippen LogP contribution in [0.5, 0.6) is 0 Å². The van der Waals surface area contributed by atoms with Gasteiger partial charge in [0.05, 0.1) is 0 Å². The summed E-state index contributed by atoms with van der Waals surface area (Å²) >= 11 is 0. The van der Waals surface area contributed by atoms with Crippen molar-refractivity contribution in [1.82, 2.24) is 0 Å². The van der Waals surface area contributed by atoms with Gasteiger partial charge in [0, 0.05) is 6.04 Å². The van der Waals surface area contributed by atoms with Crippen molar-refractivity contribution < 1.29 is 5.11 Å². The molecule has 0 bridgehead atoms. The van der Waals surface area contributed by atoms with Crippen LogP contribution in [0.1, 0.15) is 25.0 Å². The summed E-state index contributed by atoms with van der Waals surface area (Å²) in [5, 5.41) is 11.3. The molecule has 0 aromatic heterocycles. The van der Waals surface area contributed by atoms with Crippen LogP contribution in [-0.4, -0.2) is 11.1 Å². The molecule has 100 valence electrons. The molecule has 0 saturated heterocycles. The lowest BCUT2D eigenvalue weighted by Gasteiger charge is -2.37. The summed E-state index contributed by atoms with van der Waals surface area (Å²) in [4.78, 5) is 0. The van der Waals surface area contributed by atoms with E-state index in [9.17, 15) is 5.11 Å². The predicted molar refractivity (Wildman–Crippen MR) is 78.7 cm³/mol. The van der Waals surface area contributed by atoms with E-state index in [2.05, 4.69) is 0 Å². The van der Waals surface area contributed by atoms with E-state index < -0.39 is 5.60 Å². The van der Waals surface area contributed by atoms with Crippen molar-refractivity contribution in [2.45, 2.75) is 25.5 Å². The zero-order chi connectivity index (χ0) is 13.9. The Morgan fingerprint density at radius 1 is 0.842 bits per heavy atom. The highest BCUT2D eigenvalue weighted by molar-refractivity contribution is 5.38. The average molecular weight is 255 g/mol. The summed E-state index contributed by atoms with van der Waals surface area (Å²) in [7, 11) is 0. The Bertz CT molecular complexity index is 468. The smallest absolute Gasteiger partial charge is 0.130 e. The first-order valence-corrected chi connectivity index (χ1v) is 6.66. The minimum atomic E-state index is -1.16. The summed E-state index contributed by atoms with van der Waals surface area (Å²) in [5.74, 6) is 0.172. The number of aliphatic hydroxyl groups is 1. The van der Waals surface area contributed by atoms with Crippen molar-refractivity contribution in [3.05, 3.63) is 71.8 Å². The van der Waals surface area contributed by atoms with Gasteiger partial charge in [0.15, 0.2) is 0 Å². The first-order valence-electron chi connectivity index (χ1n) is 6.66. The summed E-state index contributed by atoms with van der Waals surface area (Å²) in [6.45, 7) is 4.06. The summed E-state index contributed by atoms with van der Waals surface area (Å²) in [6, 6.07) is 18.9. The number of benzene rings is 2. The summed E-state index contributed by atoms with van der Waals surface area (Å²) in [5.41, 5.74) is 6.82. The fourth-order valence-electron chi connectivity index (χ4n) is 2.42. The van der Waals surface area contributed by atoms with E-state index in [1.54, 1.807) is 0 Å².